The van der Waals surface area contributed by atoms with E-state index in [0.29, 0.717) is 35.9 Å². The molecule has 0 aliphatic carbocycles. The normalized spacial score (nSPS) is 19.8. The molecule has 2 aliphatic rings. The molecule has 7 nitrogen and oxygen atoms in total. The van der Waals surface area contributed by atoms with Crippen molar-refractivity contribution >= 4 is 27.5 Å². The van der Waals surface area contributed by atoms with E-state index in [2.05, 4.69) is 30.5 Å². The van der Waals surface area contributed by atoms with E-state index in [1.807, 2.05) is 23.1 Å². The van der Waals surface area contributed by atoms with Gasteiger partial charge in [0.2, 0.25) is 5.91 Å². The summed E-state index contributed by atoms with van der Waals surface area (Å²) in [5, 5.41) is 3.04. The van der Waals surface area contributed by atoms with Crippen LogP contribution in [-0.4, -0.2) is 45.3 Å². The summed E-state index contributed by atoms with van der Waals surface area (Å²) < 4.78 is 34.4. The van der Waals surface area contributed by atoms with Crippen molar-refractivity contribution in [1.29, 1.82) is 0 Å². The van der Waals surface area contributed by atoms with E-state index in [1.165, 1.54) is 0 Å². The highest BCUT2D eigenvalue weighted by molar-refractivity contribution is 7.90. The molecule has 0 bridgehead atoms. The van der Waals surface area contributed by atoms with Crippen LogP contribution in [0.5, 0.6) is 5.75 Å². The zero-order chi connectivity index (χ0) is 23.1. The third-order valence-corrected chi connectivity index (χ3v) is 7.35. The zero-order valence-electron chi connectivity index (χ0n) is 18.9. The van der Waals surface area contributed by atoms with Crippen LogP contribution in [0.2, 0.25) is 0 Å². The second kappa shape index (κ2) is 8.24. The third kappa shape index (κ3) is 4.24. The molecule has 0 aromatic heterocycles. The number of nitrogens with zero attached hydrogens (tertiary/aromatic N) is 2. The number of carbonyl (C=O) groups excluding carboxylic acids is 1. The van der Waals surface area contributed by atoms with Crippen molar-refractivity contribution in [3.8, 4) is 5.75 Å². The number of nitrogens with one attached hydrogen (secondary N) is 1. The Bertz CT molecular complexity index is 1180. The van der Waals surface area contributed by atoms with E-state index in [9.17, 15) is 13.2 Å². The van der Waals surface area contributed by atoms with Crippen LogP contribution in [0.25, 0.3) is 0 Å². The standard InChI is InChI=1S/C24H29N3O4S/c1-24(2,3)17-11-12-20(31-4)19(14-17)25-23(28)16-8-7-13-27(15-16)22-18-9-5-6-10-21(18)32(29,30)26-22/h5-6,9-12,14,16H,7-8,13,15H2,1-4H3,(H,25,28). The maximum atomic E-state index is 13.2. The maximum absolute atomic E-state index is 13.2. The summed E-state index contributed by atoms with van der Waals surface area (Å²) in [6, 6.07) is 12.7. The van der Waals surface area contributed by atoms with Gasteiger partial charge in [0.1, 0.15) is 10.6 Å². The Morgan fingerprint density at radius 1 is 1.19 bits per heavy atom. The average molecular weight is 456 g/mol. The number of fused-ring (bicyclic) bond motifs is 1. The van der Waals surface area contributed by atoms with Gasteiger partial charge >= 0.3 is 0 Å². The average Bonchev–Trinajstić information content (AvgIpc) is 3.04. The fourth-order valence-corrected chi connectivity index (χ4v) is 5.43. The molecule has 1 atom stereocenters. The van der Waals surface area contributed by atoms with Gasteiger partial charge in [-0.3, -0.25) is 4.79 Å². The topological polar surface area (TPSA) is 88.1 Å². The van der Waals surface area contributed by atoms with Crippen molar-refractivity contribution < 1.29 is 17.9 Å². The molecule has 8 heteroatoms. The van der Waals surface area contributed by atoms with Crippen molar-refractivity contribution in [1.82, 2.24) is 4.90 Å². The predicted molar refractivity (Wildman–Crippen MR) is 125 cm³/mol. The molecule has 170 valence electrons. The van der Waals surface area contributed by atoms with Crippen molar-refractivity contribution in [2.45, 2.75) is 43.9 Å². The summed E-state index contributed by atoms with van der Waals surface area (Å²) in [5.41, 5.74) is 2.29. The second-order valence-electron chi connectivity index (χ2n) is 9.33. The van der Waals surface area contributed by atoms with Gasteiger partial charge in [0.05, 0.1) is 18.7 Å². The number of hydrogen-bond acceptors (Lipinski definition) is 5. The summed E-state index contributed by atoms with van der Waals surface area (Å²) in [7, 11) is -2.11. The summed E-state index contributed by atoms with van der Waals surface area (Å²) in [4.78, 5) is 15.3. The number of piperidine rings is 1. The molecule has 2 aliphatic heterocycles. The van der Waals surface area contributed by atoms with Crippen molar-refractivity contribution in [3.05, 3.63) is 53.6 Å². The van der Waals surface area contributed by atoms with Crippen LogP contribution in [0.4, 0.5) is 5.69 Å². The Morgan fingerprint density at radius 3 is 2.66 bits per heavy atom. The molecule has 2 heterocycles. The van der Waals surface area contributed by atoms with Crippen molar-refractivity contribution in [3.63, 3.8) is 0 Å². The first-order valence-electron chi connectivity index (χ1n) is 10.8. The lowest BCUT2D eigenvalue weighted by molar-refractivity contribution is -0.121. The first-order chi connectivity index (χ1) is 15.1. The molecule has 0 spiro atoms. The van der Waals surface area contributed by atoms with Gasteiger partial charge in [-0.1, -0.05) is 39.0 Å². The lowest BCUT2D eigenvalue weighted by atomic mass is 9.86. The van der Waals surface area contributed by atoms with Crippen LogP contribution in [0.15, 0.2) is 51.8 Å². The molecule has 1 amide bonds. The van der Waals surface area contributed by atoms with E-state index in [-0.39, 0.29) is 22.1 Å². The number of rotatable bonds is 3. The molecule has 1 N–H and O–H groups in total. The zero-order valence-corrected chi connectivity index (χ0v) is 19.7. The molecule has 1 unspecified atom stereocenters. The second-order valence-corrected chi connectivity index (χ2v) is 10.9. The first-order valence-corrected chi connectivity index (χ1v) is 12.2. The molecule has 1 saturated heterocycles. The van der Waals surface area contributed by atoms with Crippen LogP contribution in [0.3, 0.4) is 0 Å². The molecule has 2 aromatic carbocycles. The number of anilines is 1. The lowest BCUT2D eigenvalue weighted by Gasteiger charge is -2.33. The van der Waals surface area contributed by atoms with Crippen LogP contribution in [0, 0.1) is 5.92 Å². The minimum atomic E-state index is -3.69. The van der Waals surface area contributed by atoms with Crippen LogP contribution in [0.1, 0.15) is 44.7 Å². The minimum Gasteiger partial charge on any atom is -0.495 e. The summed E-state index contributed by atoms with van der Waals surface area (Å²) in [5.74, 6) is 0.656. The Kier molecular flexibility index (Phi) is 5.75. The summed E-state index contributed by atoms with van der Waals surface area (Å²) >= 11 is 0. The predicted octanol–water partition coefficient (Wildman–Crippen LogP) is 3.79. The highest BCUT2D eigenvalue weighted by Gasteiger charge is 2.35. The molecular weight excluding hydrogens is 426 g/mol. The van der Waals surface area contributed by atoms with Gasteiger partial charge in [0, 0.05) is 18.7 Å². The molecule has 4 rings (SSSR count). The van der Waals surface area contributed by atoms with Crippen LogP contribution < -0.4 is 10.1 Å². The number of ether oxygens (including phenoxy) is 1. The molecule has 0 radical (unpaired) electrons. The fraction of sp³-hybridized carbons (Fsp3) is 0.417. The van der Waals surface area contributed by atoms with Crippen LogP contribution in [-0.2, 0) is 20.2 Å². The number of hydrogen-bond donors (Lipinski definition) is 1. The number of carbonyl (C=O) groups is 1. The smallest absolute Gasteiger partial charge is 0.285 e. The van der Waals surface area contributed by atoms with Gasteiger partial charge in [0.25, 0.3) is 10.0 Å². The van der Waals surface area contributed by atoms with Gasteiger partial charge in [-0.15, -0.1) is 4.40 Å². The number of amides is 1. The Morgan fingerprint density at radius 2 is 1.94 bits per heavy atom. The van der Waals surface area contributed by atoms with Crippen molar-refractivity contribution in [2.75, 3.05) is 25.5 Å². The molecule has 32 heavy (non-hydrogen) atoms. The minimum absolute atomic E-state index is 0.0626. The lowest BCUT2D eigenvalue weighted by Crippen LogP contribution is -2.43. The number of benzene rings is 2. The third-order valence-electron chi connectivity index (χ3n) is 6.03. The maximum Gasteiger partial charge on any atom is 0.285 e. The molecule has 0 saturated carbocycles. The number of amidine groups is 1. The summed E-state index contributed by atoms with van der Waals surface area (Å²) in [6.45, 7) is 7.43. The quantitative estimate of drug-likeness (QED) is 0.761. The highest BCUT2D eigenvalue weighted by atomic mass is 32.2. The van der Waals surface area contributed by atoms with Crippen LogP contribution >= 0.6 is 0 Å². The largest absolute Gasteiger partial charge is 0.495 e. The van der Waals surface area contributed by atoms with Gasteiger partial charge < -0.3 is 15.0 Å². The molecule has 2 aromatic rings. The van der Waals surface area contributed by atoms with E-state index in [4.69, 9.17) is 4.74 Å². The van der Waals surface area contributed by atoms with E-state index >= 15 is 0 Å². The van der Waals surface area contributed by atoms with E-state index in [1.54, 1.807) is 31.4 Å². The Labute approximate surface area is 189 Å². The molecular formula is C24H29N3O4S. The van der Waals surface area contributed by atoms with Crippen molar-refractivity contribution in [2.24, 2.45) is 10.3 Å². The van der Waals surface area contributed by atoms with E-state index in [0.717, 1.165) is 18.4 Å². The number of likely N-dealkylation sites (tertiary alicyclic amines) is 1. The highest BCUT2D eigenvalue weighted by Crippen LogP contribution is 2.33. The van der Waals surface area contributed by atoms with Gasteiger partial charge in [-0.25, -0.2) is 0 Å². The van der Waals surface area contributed by atoms with Gasteiger partial charge in [-0.05, 0) is 48.1 Å². The van der Waals surface area contributed by atoms with Gasteiger partial charge in [0.15, 0.2) is 5.84 Å². The van der Waals surface area contributed by atoms with Gasteiger partial charge in [-0.2, -0.15) is 8.42 Å². The Hall–Kier alpha value is -2.87. The SMILES string of the molecule is COc1ccc(C(C)(C)C)cc1NC(=O)C1CCCN(C2=NS(=O)(=O)c3ccccc32)C1. The first kappa shape index (κ1) is 22.3. The fourth-order valence-electron chi connectivity index (χ4n) is 4.21. The monoisotopic (exact) mass is 455 g/mol. The molecule has 1 fully saturated rings. The summed E-state index contributed by atoms with van der Waals surface area (Å²) in [6.07, 6.45) is 1.50. The number of sulfonamides is 1. The number of methoxy groups -OCH3 is 1. The van der Waals surface area contributed by atoms with E-state index < -0.39 is 10.0 Å². The Balaban J connectivity index is 1.55.